The van der Waals surface area contributed by atoms with E-state index in [9.17, 15) is 9.59 Å². The fourth-order valence-electron chi connectivity index (χ4n) is 3.16. The van der Waals surface area contributed by atoms with Crippen molar-refractivity contribution in [3.63, 3.8) is 0 Å². The molecule has 2 aliphatic carbocycles. The number of amides is 2. The smallest absolute Gasteiger partial charge is 0.251 e. The molecule has 1 atom stereocenters. The molecule has 1 aromatic heterocycles. The van der Waals surface area contributed by atoms with Crippen molar-refractivity contribution in [3.8, 4) is 0 Å². The molecule has 0 aromatic carbocycles. The van der Waals surface area contributed by atoms with Gasteiger partial charge in [0.05, 0.1) is 5.56 Å². The van der Waals surface area contributed by atoms with Crippen molar-refractivity contribution in [1.29, 1.82) is 0 Å². The third-order valence-corrected chi connectivity index (χ3v) is 5.50. The van der Waals surface area contributed by atoms with Gasteiger partial charge in [0.1, 0.15) is 5.00 Å². The minimum Gasteiger partial charge on any atom is -0.365 e. The molecule has 21 heavy (non-hydrogen) atoms. The van der Waals surface area contributed by atoms with Gasteiger partial charge in [0, 0.05) is 10.8 Å². The lowest BCUT2D eigenvalue weighted by atomic mass is 9.93. The van der Waals surface area contributed by atoms with Crippen LogP contribution < -0.4 is 11.1 Å². The molecule has 0 bridgehead atoms. The maximum atomic E-state index is 12.4. The Kier molecular flexibility index (Phi) is 4.10. The van der Waals surface area contributed by atoms with Gasteiger partial charge in [-0.3, -0.25) is 9.59 Å². The summed E-state index contributed by atoms with van der Waals surface area (Å²) in [5.74, 6) is -0.399. The zero-order valence-corrected chi connectivity index (χ0v) is 12.8. The van der Waals surface area contributed by atoms with Crippen LogP contribution in [0.15, 0.2) is 12.2 Å². The normalized spacial score (nSPS) is 20.9. The Bertz CT molecular complexity index is 604. The van der Waals surface area contributed by atoms with Crippen molar-refractivity contribution in [2.45, 2.75) is 44.9 Å². The topological polar surface area (TPSA) is 72.2 Å². The largest absolute Gasteiger partial charge is 0.365 e. The predicted octanol–water partition coefficient (Wildman–Crippen LogP) is 3.02. The van der Waals surface area contributed by atoms with E-state index >= 15 is 0 Å². The van der Waals surface area contributed by atoms with Gasteiger partial charge in [0.15, 0.2) is 0 Å². The van der Waals surface area contributed by atoms with Crippen LogP contribution in [-0.4, -0.2) is 11.8 Å². The van der Waals surface area contributed by atoms with Gasteiger partial charge in [-0.25, -0.2) is 0 Å². The second kappa shape index (κ2) is 6.02. The number of carbonyl (C=O) groups excluding carboxylic acids is 2. The molecule has 0 saturated heterocycles. The number of nitrogens with one attached hydrogen (secondary N) is 1. The van der Waals surface area contributed by atoms with Crippen LogP contribution in [0.25, 0.3) is 0 Å². The van der Waals surface area contributed by atoms with E-state index in [-0.39, 0.29) is 11.8 Å². The van der Waals surface area contributed by atoms with Gasteiger partial charge in [-0.15, -0.1) is 11.3 Å². The lowest BCUT2D eigenvalue weighted by Crippen LogP contribution is -2.25. The Morgan fingerprint density at radius 2 is 2.05 bits per heavy atom. The van der Waals surface area contributed by atoms with Crippen LogP contribution in [0, 0.1) is 5.92 Å². The van der Waals surface area contributed by atoms with Crippen molar-refractivity contribution >= 4 is 28.2 Å². The molecule has 4 nitrogen and oxygen atoms in total. The minimum atomic E-state index is -0.423. The molecule has 3 rings (SSSR count). The highest BCUT2D eigenvalue weighted by Gasteiger charge is 2.26. The van der Waals surface area contributed by atoms with E-state index in [1.54, 1.807) is 0 Å². The number of aryl methyl sites for hydroxylation is 1. The van der Waals surface area contributed by atoms with Gasteiger partial charge in [0.25, 0.3) is 5.91 Å². The summed E-state index contributed by atoms with van der Waals surface area (Å²) in [5, 5.41) is 3.62. The van der Waals surface area contributed by atoms with Crippen molar-refractivity contribution in [1.82, 2.24) is 0 Å². The van der Waals surface area contributed by atoms with Crippen molar-refractivity contribution in [2.75, 3.05) is 5.32 Å². The monoisotopic (exact) mass is 304 g/mol. The average Bonchev–Trinajstić information content (AvgIpc) is 2.86. The van der Waals surface area contributed by atoms with E-state index < -0.39 is 5.91 Å². The van der Waals surface area contributed by atoms with E-state index in [0.717, 1.165) is 50.5 Å². The van der Waals surface area contributed by atoms with Gasteiger partial charge >= 0.3 is 0 Å². The summed E-state index contributed by atoms with van der Waals surface area (Å²) in [5.41, 5.74) is 7.16. The number of carbonyl (C=O) groups is 2. The SMILES string of the molecule is NC(=O)c1c(NC(=O)C2CC=CCC2)sc2c1CCCC2. The van der Waals surface area contributed by atoms with Gasteiger partial charge in [-0.2, -0.15) is 0 Å². The summed E-state index contributed by atoms with van der Waals surface area (Å²) in [6, 6.07) is 0. The van der Waals surface area contributed by atoms with Crippen LogP contribution in [0.1, 0.15) is 52.9 Å². The molecular weight excluding hydrogens is 284 g/mol. The van der Waals surface area contributed by atoms with Crippen LogP contribution >= 0.6 is 11.3 Å². The molecule has 3 N–H and O–H groups in total. The first kappa shape index (κ1) is 14.3. The van der Waals surface area contributed by atoms with Crippen molar-refractivity contribution in [2.24, 2.45) is 11.7 Å². The fraction of sp³-hybridized carbons (Fsp3) is 0.500. The second-order valence-electron chi connectivity index (χ2n) is 5.75. The lowest BCUT2D eigenvalue weighted by molar-refractivity contribution is -0.120. The molecule has 2 amide bonds. The number of primary amides is 1. The van der Waals surface area contributed by atoms with Crippen LogP contribution in [-0.2, 0) is 17.6 Å². The maximum Gasteiger partial charge on any atom is 0.251 e. The van der Waals surface area contributed by atoms with E-state index in [1.807, 2.05) is 0 Å². The Balaban J connectivity index is 1.84. The molecular formula is C16H20N2O2S. The lowest BCUT2D eigenvalue weighted by Gasteiger charge is -2.17. The standard InChI is InChI=1S/C16H20N2O2S/c17-14(19)13-11-8-4-5-9-12(11)21-16(13)18-15(20)10-6-2-1-3-7-10/h1-2,10H,3-9H2,(H2,17,19)(H,18,20). The first-order valence-corrected chi connectivity index (χ1v) is 8.38. The number of hydrogen-bond acceptors (Lipinski definition) is 3. The average molecular weight is 304 g/mol. The summed E-state index contributed by atoms with van der Waals surface area (Å²) in [6.45, 7) is 0. The van der Waals surface area contributed by atoms with Crippen molar-refractivity contribution in [3.05, 3.63) is 28.2 Å². The second-order valence-corrected chi connectivity index (χ2v) is 6.86. The summed E-state index contributed by atoms with van der Waals surface area (Å²) in [7, 11) is 0. The van der Waals surface area contributed by atoms with Crippen LogP contribution in [0.5, 0.6) is 0 Å². The number of nitrogens with two attached hydrogens (primary N) is 1. The minimum absolute atomic E-state index is 0.00912. The number of rotatable bonds is 3. The van der Waals surface area contributed by atoms with Gasteiger partial charge in [-0.1, -0.05) is 12.2 Å². The molecule has 2 aliphatic rings. The third kappa shape index (κ3) is 2.88. The van der Waals surface area contributed by atoms with Crippen LogP contribution in [0.2, 0.25) is 0 Å². The van der Waals surface area contributed by atoms with E-state index in [0.29, 0.717) is 10.6 Å². The van der Waals surface area contributed by atoms with Gasteiger partial charge in [-0.05, 0) is 50.5 Å². The third-order valence-electron chi connectivity index (χ3n) is 4.29. The highest BCUT2D eigenvalue weighted by Crippen LogP contribution is 2.38. The predicted molar refractivity (Wildman–Crippen MR) is 84.6 cm³/mol. The molecule has 1 heterocycles. The summed E-state index contributed by atoms with van der Waals surface area (Å²) in [6.07, 6.45) is 10.9. The first-order valence-electron chi connectivity index (χ1n) is 7.57. The molecule has 0 radical (unpaired) electrons. The van der Waals surface area contributed by atoms with Gasteiger partial charge in [0.2, 0.25) is 5.91 Å². The molecule has 0 saturated carbocycles. The maximum absolute atomic E-state index is 12.4. The summed E-state index contributed by atoms with van der Waals surface area (Å²) in [4.78, 5) is 25.4. The van der Waals surface area contributed by atoms with Crippen LogP contribution in [0.3, 0.4) is 0 Å². The van der Waals surface area contributed by atoms with E-state index in [4.69, 9.17) is 5.73 Å². The van der Waals surface area contributed by atoms with Crippen LogP contribution in [0.4, 0.5) is 5.00 Å². The Morgan fingerprint density at radius 1 is 1.24 bits per heavy atom. The molecule has 0 fully saturated rings. The molecule has 0 aliphatic heterocycles. The zero-order chi connectivity index (χ0) is 14.8. The summed E-state index contributed by atoms with van der Waals surface area (Å²) >= 11 is 1.53. The number of allylic oxidation sites excluding steroid dienone is 2. The van der Waals surface area contributed by atoms with Crippen molar-refractivity contribution < 1.29 is 9.59 Å². The summed E-state index contributed by atoms with van der Waals surface area (Å²) < 4.78 is 0. The Labute approximate surface area is 128 Å². The molecule has 5 heteroatoms. The molecule has 1 unspecified atom stereocenters. The fourth-order valence-corrected chi connectivity index (χ4v) is 4.46. The quantitative estimate of drug-likeness (QED) is 0.843. The number of hydrogen-bond donors (Lipinski definition) is 2. The van der Waals surface area contributed by atoms with E-state index in [2.05, 4.69) is 17.5 Å². The highest BCUT2D eigenvalue weighted by atomic mass is 32.1. The number of thiophene rings is 1. The number of fused-ring (bicyclic) bond motifs is 1. The molecule has 1 aromatic rings. The zero-order valence-electron chi connectivity index (χ0n) is 12.0. The van der Waals surface area contributed by atoms with E-state index in [1.165, 1.54) is 16.2 Å². The Hall–Kier alpha value is -1.62. The number of anilines is 1. The van der Waals surface area contributed by atoms with Gasteiger partial charge < -0.3 is 11.1 Å². The molecule has 0 spiro atoms. The first-order chi connectivity index (χ1) is 10.2. The Morgan fingerprint density at radius 3 is 2.76 bits per heavy atom. The highest BCUT2D eigenvalue weighted by molar-refractivity contribution is 7.17. The molecule has 112 valence electrons.